The van der Waals surface area contributed by atoms with E-state index < -0.39 is 5.60 Å². The lowest BCUT2D eigenvalue weighted by Gasteiger charge is -2.31. The number of aldehydes is 1. The second kappa shape index (κ2) is 7.73. The average molecular weight is 409 g/mol. The SMILES string of the molecule is CC(C)(Br)C=O.Cc1ccccc1C1=C(O)C2(CCCCC2)OC1=O. The van der Waals surface area contributed by atoms with Crippen LogP contribution in [0.2, 0.25) is 0 Å². The predicted octanol–water partition coefficient (Wildman–Crippen LogP) is 4.88. The van der Waals surface area contributed by atoms with Crippen LogP contribution in [0.3, 0.4) is 0 Å². The van der Waals surface area contributed by atoms with Gasteiger partial charge in [-0.2, -0.15) is 0 Å². The van der Waals surface area contributed by atoms with Gasteiger partial charge < -0.3 is 14.6 Å². The predicted molar refractivity (Wildman–Crippen MR) is 102 cm³/mol. The zero-order chi connectivity index (χ0) is 18.7. The van der Waals surface area contributed by atoms with E-state index in [-0.39, 0.29) is 16.1 Å². The first-order valence-electron chi connectivity index (χ1n) is 8.58. The number of carbonyl (C=O) groups excluding carboxylic acids is 2. The summed E-state index contributed by atoms with van der Waals surface area (Å²) in [5, 5.41) is 10.5. The number of aliphatic hydroxyl groups excluding tert-OH is 1. The highest BCUT2D eigenvalue weighted by atomic mass is 79.9. The van der Waals surface area contributed by atoms with Crippen molar-refractivity contribution in [2.24, 2.45) is 0 Å². The fourth-order valence-corrected chi connectivity index (χ4v) is 3.15. The summed E-state index contributed by atoms with van der Waals surface area (Å²) >= 11 is 3.11. The molecule has 4 nitrogen and oxygen atoms in total. The highest BCUT2D eigenvalue weighted by molar-refractivity contribution is 9.10. The van der Waals surface area contributed by atoms with Crippen molar-refractivity contribution < 1.29 is 19.4 Å². The molecule has 1 aromatic rings. The van der Waals surface area contributed by atoms with Gasteiger partial charge in [-0.25, -0.2) is 4.79 Å². The van der Waals surface area contributed by atoms with E-state index in [2.05, 4.69) is 15.9 Å². The molecular formula is C20H25BrO4. The summed E-state index contributed by atoms with van der Waals surface area (Å²) < 4.78 is 5.23. The van der Waals surface area contributed by atoms with Gasteiger partial charge in [0.15, 0.2) is 11.4 Å². The van der Waals surface area contributed by atoms with Crippen LogP contribution in [-0.2, 0) is 14.3 Å². The van der Waals surface area contributed by atoms with E-state index in [0.717, 1.165) is 49.5 Å². The number of carbonyl (C=O) groups is 2. The Labute approximate surface area is 157 Å². The summed E-state index contributed by atoms with van der Waals surface area (Å²) in [4.78, 5) is 22.0. The molecule has 1 aromatic carbocycles. The minimum absolute atomic E-state index is 0.145. The number of hydrogen-bond acceptors (Lipinski definition) is 4. The lowest BCUT2D eigenvalue weighted by atomic mass is 9.82. The van der Waals surface area contributed by atoms with Crippen molar-refractivity contribution in [2.45, 2.75) is 62.8 Å². The Hall–Kier alpha value is -1.62. The topological polar surface area (TPSA) is 63.6 Å². The summed E-state index contributed by atoms with van der Waals surface area (Å²) in [7, 11) is 0. The zero-order valence-corrected chi connectivity index (χ0v) is 16.6. The fourth-order valence-electron chi connectivity index (χ4n) is 3.15. The summed E-state index contributed by atoms with van der Waals surface area (Å²) in [5.74, 6) is -0.236. The lowest BCUT2D eigenvalue weighted by Crippen LogP contribution is -2.34. The van der Waals surface area contributed by atoms with Crippen LogP contribution < -0.4 is 0 Å². The summed E-state index contributed by atoms with van der Waals surface area (Å²) in [5.41, 5.74) is 1.38. The van der Waals surface area contributed by atoms with Gasteiger partial charge in [-0.1, -0.05) is 46.6 Å². The molecule has 0 aromatic heterocycles. The molecule has 2 aliphatic rings. The van der Waals surface area contributed by atoms with Crippen molar-refractivity contribution in [3.05, 3.63) is 41.2 Å². The van der Waals surface area contributed by atoms with Gasteiger partial charge in [0, 0.05) is 0 Å². The van der Waals surface area contributed by atoms with Crippen LogP contribution in [0.5, 0.6) is 0 Å². The van der Waals surface area contributed by atoms with Crippen molar-refractivity contribution in [3.8, 4) is 0 Å². The van der Waals surface area contributed by atoms with Crippen LogP contribution in [-0.4, -0.2) is 27.3 Å². The monoisotopic (exact) mass is 408 g/mol. The van der Waals surface area contributed by atoms with Gasteiger partial charge in [-0.15, -0.1) is 0 Å². The van der Waals surface area contributed by atoms with Crippen LogP contribution in [0.25, 0.3) is 5.57 Å². The number of hydrogen-bond donors (Lipinski definition) is 1. The maximum Gasteiger partial charge on any atom is 0.343 e. The normalized spacial score (nSPS) is 19.3. The van der Waals surface area contributed by atoms with Crippen molar-refractivity contribution >= 4 is 33.8 Å². The van der Waals surface area contributed by atoms with Gasteiger partial charge in [0.05, 0.1) is 4.32 Å². The number of aryl methyl sites for hydroxylation is 1. The van der Waals surface area contributed by atoms with E-state index >= 15 is 0 Å². The first kappa shape index (κ1) is 19.7. The quantitative estimate of drug-likeness (QED) is 0.430. The molecule has 1 aliphatic heterocycles. The second-order valence-corrected chi connectivity index (χ2v) is 9.21. The van der Waals surface area contributed by atoms with Crippen LogP contribution in [0.1, 0.15) is 57.1 Å². The van der Waals surface area contributed by atoms with Crippen molar-refractivity contribution in [1.29, 1.82) is 0 Å². The summed E-state index contributed by atoms with van der Waals surface area (Å²) in [6.45, 7) is 5.52. The molecule has 1 spiro atoms. The Morgan fingerprint density at radius 3 is 2.28 bits per heavy atom. The molecule has 0 atom stereocenters. The highest BCUT2D eigenvalue weighted by Gasteiger charge is 2.49. The van der Waals surface area contributed by atoms with Crippen LogP contribution >= 0.6 is 15.9 Å². The molecule has 0 radical (unpaired) electrons. The Morgan fingerprint density at radius 2 is 1.76 bits per heavy atom. The molecule has 0 unspecified atom stereocenters. The molecule has 1 heterocycles. The number of ether oxygens (including phenoxy) is 1. The first-order chi connectivity index (χ1) is 11.7. The Kier molecular flexibility index (Phi) is 6.09. The molecule has 0 amide bonds. The minimum atomic E-state index is -0.743. The molecule has 1 N–H and O–H groups in total. The molecule has 1 aliphatic carbocycles. The Balaban J connectivity index is 0.000000326. The molecule has 0 saturated heterocycles. The number of benzene rings is 1. The zero-order valence-electron chi connectivity index (χ0n) is 15.0. The highest BCUT2D eigenvalue weighted by Crippen LogP contribution is 2.45. The summed E-state index contributed by atoms with van der Waals surface area (Å²) in [6, 6.07) is 7.60. The number of esters is 1. The van der Waals surface area contributed by atoms with E-state index in [1.54, 1.807) is 13.8 Å². The largest absolute Gasteiger partial charge is 0.507 e. The Bertz CT molecular complexity index is 679. The molecule has 0 bridgehead atoms. The number of alkyl halides is 1. The molecule has 25 heavy (non-hydrogen) atoms. The molecule has 3 rings (SSSR count). The van der Waals surface area contributed by atoms with E-state index in [1.165, 1.54) is 0 Å². The summed E-state index contributed by atoms with van der Waals surface area (Å²) in [6.07, 6.45) is 5.47. The first-order valence-corrected chi connectivity index (χ1v) is 9.38. The molecule has 1 fully saturated rings. The fraction of sp³-hybridized carbons (Fsp3) is 0.500. The maximum absolute atomic E-state index is 12.2. The average Bonchev–Trinajstić information content (AvgIpc) is 2.79. The van der Waals surface area contributed by atoms with E-state index in [1.807, 2.05) is 31.2 Å². The van der Waals surface area contributed by atoms with E-state index in [4.69, 9.17) is 4.74 Å². The number of rotatable bonds is 2. The second-order valence-electron chi connectivity index (χ2n) is 7.17. The lowest BCUT2D eigenvalue weighted by molar-refractivity contribution is -0.149. The molecular weight excluding hydrogens is 384 g/mol. The van der Waals surface area contributed by atoms with Crippen molar-refractivity contribution in [3.63, 3.8) is 0 Å². The Morgan fingerprint density at radius 1 is 1.20 bits per heavy atom. The van der Waals surface area contributed by atoms with Gasteiger partial charge in [0.1, 0.15) is 11.9 Å². The third kappa shape index (κ3) is 4.51. The molecule has 136 valence electrons. The minimum Gasteiger partial charge on any atom is -0.507 e. The smallest absolute Gasteiger partial charge is 0.343 e. The molecule has 5 heteroatoms. The van der Waals surface area contributed by atoms with Gasteiger partial charge in [0.2, 0.25) is 0 Å². The third-order valence-electron chi connectivity index (χ3n) is 4.52. The van der Waals surface area contributed by atoms with E-state index in [0.29, 0.717) is 5.57 Å². The van der Waals surface area contributed by atoms with Crippen molar-refractivity contribution in [2.75, 3.05) is 0 Å². The number of halogens is 1. The van der Waals surface area contributed by atoms with E-state index in [9.17, 15) is 14.7 Å². The van der Waals surface area contributed by atoms with Crippen LogP contribution in [0.4, 0.5) is 0 Å². The standard InChI is InChI=1S/C16H18O3.C4H7BrO/c1-11-7-3-4-8-12(11)13-14(17)16(19-15(13)18)9-5-2-6-10-16;1-4(2,5)3-6/h3-4,7-8,17H,2,5-6,9-10H2,1H3;3H,1-2H3. The van der Waals surface area contributed by atoms with Crippen LogP contribution in [0, 0.1) is 6.92 Å². The van der Waals surface area contributed by atoms with Gasteiger partial charge in [0.25, 0.3) is 0 Å². The van der Waals surface area contributed by atoms with Gasteiger partial charge in [-0.05, 0) is 57.6 Å². The molecule has 1 saturated carbocycles. The number of aliphatic hydroxyl groups is 1. The maximum atomic E-state index is 12.2. The third-order valence-corrected chi connectivity index (χ3v) is 4.70. The van der Waals surface area contributed by atoms with Gasteiger partial charge in [-0.3, -0.25) is 0 Å². The van der Waals surface area contributed by atoms with Crippen molar-refractivity contribution in [1.82, 2.24) is 0 Å². The van der Waals surface area contributed by atoms with Gasteiger partial charge >= 0.3 is 5.97 Å². The van der Waals surface area contributed by atoms with Crippen LogP contribution in [0.15, 0.2) is 30.0 Å².